The number of rotatable bonds is 2. The number of carbonyl (C=O) groups is 1. The van der Waals surface area contributed by atoms with Crippen molar-refractivity contribution in [3.8, 4) is 0 Å². The zero-order valence-corrected chi connectivity index (χ0v) is 16.1. The number of hydrogen-bond acceptors (Lipinski definition) is 4. The quantitative estimate of drug-likeness (QED) is 0.803. The summed E-state index contributed by atoms with van der Waals surface area (Å²) in [6.45, 7) is 8.58. The highest BCUT2D eigenvalue weighted by Gasteiger charge is 2.28. The number of hydrogen-bond donors (Lipinski definition) is 1. The Morgan fingerprint density at radius 2 is 1.77 bits per heavy atom. The Morgan fingerprint density at radius 1 is 1.15 bits per heavy atom. The van der Waals surface area contributed by atoms with Crippen LogP contribution in [-0.2, 0) is 4.74 Å². The Hall–Kier alpha value is -1.98. The van der Waals surface area contributed by atoms with E-state index in [4.69, 9.17) is 10.5 Å². The number of carbonyl (C=O) groups excluding carboxylic acids is 1. The van der Waals surface area contributed by atoms with Gasteiger partial charge in [-0.3, -0.25) is 0 Å². The van der Waals surface area contributed by atoms with Crippen molar-refractivity contribution in [1.29, 1.82) is 0 Å². The van der Waals surface area contributed by atoms with E-state index in [9.17, 15) is 9.18 Å². The van der Waals surface area contributed by atoms with Crippen LogP contribution in [0, 0.1) is 5.82 Å². The van der Waals surface area contributed by atoms with Crippen LogP contribution in [-0.4, -0.2) is 42.8 Å². The van der Waals surface area contributed by atoms with E-state index >= 15 is 0 Å². The van der Waals surface area contributed by atoms with Gasteiger partial charge in [-0.1, -0.05) is 0 Å². The average molecular weight is 363 g/mol. The Labute approximate surface area is 155 Å². The van der Waals surface area contributed by atoms with E-state index in [2.05, 4.69) is 0 Å². The van der Waals surface area contributed by atoms with Gasteiger partial charge < -0.3 is 20.3 Å². The minimum atomic E-state index is -0.489. The van der Waals surface area contributed by atoms with Crippen molar-refractivity contribution < 1.29 is 13.9 Å². The molecule has 0 aromatic heterocycles. The molecular formula is C20H30FN3O2. The van der Waals surface area contributed by atoms with Gasteiger partial charge in [-0.2, -0.15) is 0 Å². The van der Waals surface area contributed by atoms with Gasteiger partial charge in [-0.25, -0.2) is 9.18 Å². The molecule has 2 fully saturated rings. The zero-order valence-electron chi connectivity index (χ0n) is 16.1. The normalized spacial score (nSPS) is 19.1. The van der Waals surface area contributed by atoms with Crippen LogP contribution < -0.4 is 10.6 Å². The first-order chi connectivity index (χ1) is 12.2. The fraction of sp³-hybridized carbons (Fsp3) is 0.650. The van der Waals surface area contributed by atoms with Crippen LogP contribution in [0.25, 0.3) is 0 Å². The Kier molecular flexibility index (Phi) is 5.30. The lowest BCUT2D eigenvalue weighted by Gasteiger charge is -2.34. The van der Waals surface area contributed by atoms with Crippen molar-refractivity contribution in [2.24, 2.45) is 0 Å². The first kappa shape index (κ1) is 18.8. The number of amides is 1. The third-order valence-corrected chi connectivity index (χ3v) is 5.16. The summed E-state index contributed by atoms with van der Waals surface area (Å²) in [6.07, 6.45) is 3.49. The molecule has 0 bridgehead atoms. The lowest BCUT2D eigenvalue weighted by atomic mass is 9.89. The molecule has 3 rings (SSSR count). The van der Waals surface area contributed by atoms with Gasteiger partial charge in [0.15, 0.2) is 0 Å². The van der Waals surface area contributed by atoms with Crippen LogP contribution in [0.4, 0.5) is 20.6 Å². The van der Waals surface area contributed by atoms with Crippen LogP contribution in [0.1, 0.15) is 57.9 Å². The summed E-state index contributed by atoms with van der Waals surface area (Å²) in [5.74, 6) is -0.00501. The van der Waals surface area contributed by atoms with E-state index in [-0.39, 0.29) is 17.8 Å². The van der Waals surface area contributed by atoms with Crippen molar-refractivity contribution in [2.75, 3.05) is 36.8 Å². The molecule has 0 spiro atoms. The molecule has 0 radical (unpaired) electrons. The first-order valence-corrected chi connectivity index (χ1v) is 9.56. The van der Waals surface area contributed by atoms with Gasteiger partial charge in [0.1, 0.15) is 11.4 Å². The van der Waals surface area contributed by atoms with Crippen molar-refractivity contribution >= 4 is 17.5 Å². The Balaban J connectivity index is 1.65. The van der Waals surface area contributed by atoms with Crippen molar-refractivity contribution in [1.82, 2.24) is 4.90 Å². The predicted octanol–water partition coefficient (Wildman–Crippen LogP) is 4.12. The SMILES string of the molecule is CC(C)(C)OC(=O)N1CCC(c2cc(N)c(N3CCCC3)c(F)c2)CC1. The van der Waals surface area contributed by atoms with E-state index in [1.54, 1.807) is 11.0 Å². The molecule has 2 saturated heterocycles. The minimum Gasteiger partial charge on any atom is -0.444 e. The topological polar surface area (TPSA) is 58.8 Å². The van der Waals surface area contributed by atoms with Gasteiger partial charge in [0.25, 0.3) is 0 Å². The molecule has 0 saturated carbocycles. The second kappa shape index (κ2) is 7.33. The molecular weight excluding hydrogens is 333 g/mol. The highest BCUT2D eigenvalue weighted by atomic mass is 19.1. The van der Waals surface area contributed by atoms with Gasteiger partial charge in [0, 0.05) is 26.2 Å². The second-order valence-electron chi connectivity index (χ2n) is 8.38. The number of nitrogens with zero attached hydrogens (tertiary/aromatic N) is 2. The van der Waals surface area contributed by atoms with Gasteiger partial charge in [-0.15, -0.1) is 0 Å². The molecule has 0 aliphatic carbocycles. The predicted molar refractivity (Wildman–Crippen MR) is 102 cm³/mol. The standard InChI is InChI=1S/C20H30FN3O2/c1-20(2,3)26-19(25)24-10-6-14(7-11-24)15-12-16(21)18(17(22)13-15)23-8-4-5-9-23/h12-14H,4-11,22H2,1-3H3. The maximum atomic E-state index is 14.7. The molecule has 1 aromatic rings. The van der Waals surface area contributed by atoms with Crippen LogP contribution in [0.15, 0.2) is 12.1 Å². The lowest BCUT2D eigenvalue weighted by molar-refractivity contribution is 0.0205. The molecule has 6 heteroatoms. The molecule has 2 N–H and O–H groups in total. The number of nitrogen functional groups attached to an aromatic ring is 1. The molecule has 1 aromatic carbocycles. The maximum Gasteiger partial charge on any atom is 0.410 e. The lowest BCUT2D eigenvalue weighted by Crippen LogP contribution is -2.41. The first-order valence-electron chi connectivity index (χ1n) is 9.56. The summed E-state index contributed by atoms with van der Waals surface area (Å²) in [6, 6.07) is 3.56. The number of anilines is 2. The number of ether oxygens (including phenoxy) is 1. The summed E-state index contributed by atoms with van der Waals surface area (Å²) in [5.41, 5.74) is 7.71. The van der Waals surface area contributed by atoms with E-state index < -0.39 is 5.60 Å². The fourth-order valence-corrected chi connectivity index (χ4v) is 3.87. The van der Waals surface area contributed by atoms with Gasteiger partial charge in [-0.05, 0) is 70.1 Å². The summed E-state index contributed by atoms with van der Waals surface area (Å²) < 4.78 is 20.1. The van der Waals surface area contributed by atoms with Gasteiger partial charge in [0.2, 0.25) is 0 Å². The minimum absolute atomic E-state index is 0.220. The molecule has 0 atom stereocenters. The number of benzene rings is 1. The van der Waals surface area contributed by atoms with Crippen LogP contribution in [0.2, 0.25) is 0 Å². The third kappa shape index (κ3) is 4.22. The van der Waals surface area contributed by atoms with E-state index in [1.807, 2.05) is 31.7 Å². The number of likely N-dealkylation sites (tertiary alicyclic amines) is 1. The van der Waals surface area contributed by atoms with Gasteiger partial charge in [0.05, 0.1) is 11.4 Å². The monoisotopic (exact) mass is 363 g/mol. The Morgan fingerprint density at radius 3 is 2.31 bits per heavy atom. The van der Waals surface area contributed by atoms with E-state index in [0.717, 1.165) is 44.3 Å². The summed E-state index contributed by atoms with van der Waals surface area (Å²) >= 11 is 0. The second-order valence-corrected chi connectivity index (χ2v) is 8.38. The third-order valence-electron chi connectivity index (χ3n) is 5.16. The molecule has 1 amide bonds. The Bertz CT molecular complexity index is 635. The van der Waals surface area contributed by atoms with Crippen LogP contribution >= 0.6 is 0 Å². The van der Waals surface area contributed by atoms with Crippen LogP contribution in [0.3, 0.4) is 0 Å². The van der Waals surface area contributed by atoms with Gasteiger partial charge >= 0.3 is 6.09 Å². The fourth-order valence-electron chi connectivity index (χ4n) is 3.87. The zero-order chi connectivity index (χ0) is 18.9. The molecule has 2 aliphatic rings. The molecule has 5 nitrogen and oxygen atoms in total. The number of piperidine rings is 1. The molecule has 2 heterocycles. The average Bonchev–Trinajstić information content (AvgIpc) is 3.07. The number of nitrogens with two attached hydrogens (primary N) is 1. The van der Waals surface area contributed by atoms with E-state index in [0.29, 0.717) is 24.5 Å². The largest absolute Gasteiger partial charge is 0.444 e. The highest BCUT2D eigenvalue weighted by Crippen LogP contribution is 2.36. The highest BCUT2D eigenvalue weighted by molar-refractivity contribution is 5.70. The van der Waals surface area contributed by atoms with E-state index in [1.165, 1.54) is 0 Å². The maximum absolute atomic E-state index is 14.7. The smallest absolute Gasteiger partial charge is 0.410 e. The molecule has 0 unspecified atom stereocenters. The summed E-state index contributed by atoms with van der Waals surface area (Å²) in [7, 11) is 0. The molecule has 26 heavy (non-hydrogen) atoms. The summed E-state index contributed by atoms with van der Waals surface area (Å²) in [4.78, 5) is 16.0. The molecule has 2 aliphatic heterocycles. The summed E-state index contributed by atoms with van der Waals surface area (Å²) in [5, 5.41) is 0. The van der Waals surface area contributed by atoms with Crippen molar-refractivity contribution in [3.05, 3.63) is 23.5 Å². The van der Waals surface area contributed by atoms with Crippen LogP contribution in [0.5, 0.6) is 0 Å². The molecule has 144 valence electrons. The number of halogens is 1. The van der Waals surface area contributed by atoms with Crippen molar-refractivity contribution in [3.63, 3.8) is 0 Å². The van der Waals surface area contributed by atoms with Crippen molar-refractivity contribution in [2.45, 2.75) is 58.0 Å².